The largest absolute Gasteiger partial charge is 0.494 e. The monoisotopic (exact) mass is 426 g/mol. The number of nitrogens with one attached hydrogen (secondary N) is 1. The van der Waals surface area contributed by atoms with Crippen LogP contribution in [-0.2, 0) is 4.79 Å². The molecule has 1 N–H and O–H groups in total. The Hall–Kier alpha value is -3.20. The molecule has 0 radical (unpaired) electrons. The van der Waals surface area contributed by atoms with Crippen LogP contribution in [-0.4, -0.2) is 12.5 Å². The molecule has 0 aliphatic carbocycles. The van der Waals surface area contributed by atoms with Gasteiger partial charge in [-0.1, -0.05) is 35.3 Å². The predicted molar refractivity (Wildman–Crippen MR) is 114 cm³/mol. The van der Waals surface area contributed by atoms with Gasteiger partial charge in [0.1, 0.15) is 28.9 Å². The van der Waals surface area contributed by atoms with Crippen LogP contribution in [0.5, 0.6) is 5.75 Å². The Morgan fingerprint density at radius 2 is 2.00 bits per heavy atom. The second kappa shape index (κ2) is 9.33. The normalized spacial score (nSPS) is 11.0. The fourth-order valence-electron chi connectivity index (χ4n) is 2.59. The lowest BCUT2D eigenvalue weighted by Crippen LogP contribution is -2.13. The van der Waals surface area contributed by atoms with Crippen molar-refractivity contribution in [1.82, 2.24) is 0 Å². The van der Waals surface area contributed by atoms with Crippen molar-refractivity contribution >= 4 is 40.9 Å². The average Bonchev–Trinajstić information content (AvgIpc) is 3.17. The second-order valence-electron chi connectivity index (χ2n) is 5.89. The standard InChI is InChI=1S/C22H16Cl2N2O3/c1-2-28-16-6-3-5-15(12-16)26-22(27)14(13-25)11-17-9-10-20(29-17)18-7-4-8-19(23)21(18)24/h3-12H,2H2,1H3,(H,26,27). The van der Waals surface area contributed by atoms with E-state index in [4.69, 9.17) is 32.4 Å². The van der Waals surface area contributed by atoms with E-state index in [1.807, 2.05) is 13.0 Å². The Balaban J connectivity index is 1.81. The summed E-state index contributed by atoms with van der Waals surface area (Å²) < 4.78 is 11.1. The molecule has 3 aromatic rings. The van der Waals surface area contributed by atoms with Crippen molar-refractivity contribution < 1.29 is 13.9 Å². The van der Waals surface area contributed by atoms with E-state index in [1.165, 1.54) is 6.08 Å². The number of nitriles is 1. The smallest absolute Gasteiger partial charge is 0.266 e. The highest BCUT2D eigenvalue weighted by Crippen LogP contribution is 2.34. The summed E-state index contributed by atoms with van der Waals surface area (Å²) in [7, 11) is 0. The zero-order chi connectivity index (χ0) is 20.8. The van der Waals surface area contributed by atoms with Crippen LogP contribution in [0.25, 0.3) is 17.4 Å². The third-order valence-corrected chi connectivity index (χ3v) is 4.72. The highest BCUT2D eigenvalue weighted by Gasteiger charge is 2.14. The summed E-state index contributed by atoms with van der Waals surface area (Å²) in [4.78, 5) is 12.5. The maximum atomic E-state index is 12.5. The first-order valence-electron chi connectivity index (χ1n) is 8.72. The highest BCUT2D eigenvalue weighted by atomic mass is 35.5. The molecular weight excluding hydrogens is 411 g/mol. The van der Waals surface area contributed by atoms with Crippen LogP contribution >= 0.6 is 23.2 Å². The van der Waals surface area contributed by atoms with Crippen molar-refractivity contribution in [3.63, 3.8) is 0 Å². The van der Waals surface area contributed by atoms with Crippen molar-refractivity contribution in [3.05, 3.63) is 76.0 Å². The molecule has 0 aliphatic heterocycles. The van der Waals surface area contributed by atoms with Gasteiger partial charge in [0.15, 0.2) is 0 Å². The molecule has 5 nitrogen and oxygen atoms in total. The van der Waals surface area contributed by atoms with Gasteiger partial charge in [-0.3, -0.25) is 4.79 Å². The van der Waals surface area contributed by atoms with E-state index < -0.39 is 5.91 Å². The van der Waals surface area contributed by atoms with Crippen LogP contribution < -0.4 is 10.1 Å². The first kappa shape index (κ1) is 20.5. The summed E-state index contributed by atoms with van der Waals surface area (Å²) in [5, 5.41) is 12.8. The number of halogens is 2. The van der Waals surface area contributed by atoms with Gasteiger partial charge in [-0.2, -0.15) is 5.26 Å². The summed E-state index contributed by atoms with van der Waals surface area (Å²) in [6, 6.07) is 17.4. The number of ether oxygens (including phenoxy) is 1. The molecule has 0 atom stereocenters. The molecule has 0 aliphatic rings. The zero-order valence-electron chi connectivity index (χ0n) is 15.4. The quantitative estimate of drug-likeness (QED) is 0.376. The summed E-state index contributed by atoms with van der Waals surface area (Å²) in [5.41, 5.74) is 1.03. The zero-order valence-corrected chi connectivity index (χ0v) is 16.9. The minimum absolute atomic E-state index is 0.107. The van der Waals surface area contributed by atoms with Crippen molar-refractivity contribution in [1.29, 1.82) is 5.26 Å². The number of anilines is 1. The molecule has 0 saturated heterocycles. The lowest BCUT2D eigenvalue weighted by atomic mass is 10.2. The molecule has 1 heterocycles. The maximum Gasteiger partial charge on any atom is 0.266 e. The number of rotatable bonds is 6. The van der Waals surface area contributed by atoms with Crippen LogP contribution in [0.4, 0.5) is 5.69 Å². The van der Waals surface area contributed by atoms with Gasteiger partial charge in [0, 0.05) is 23.4 Å². The van der Waals surface area contributed by atoms with E-state index >= 15 is 0 Å². The fraction of sp³-hybridized carbons (Fsp3) is 0.0909. The van der Waals surface area contributed by atoms with E-state index in [0.29, 0.717) is 45.2 Å². The topological polar surface area (TPSA) is 75.3 Å². The van der Waals surface area contributed by atoms with Crippen molar-refractivity contribution in [2.24, 2.45) is 0 Å². The lowest BCUT2D eigenvalue weighted by molar-refractivity contribution is -0.112. The first-order valence-corrected chi connectivity index (χ1v) is 9.47. The number of carbonyl (C=O) groups excluding carboxylic acids is 1. The Morgan fingerprint density at radius 1 is 1.21 bits per heavy atom. The Bertz CT molecular complexity index is 1110. The number of amides is 1. The van der Waals surface area contributed by atoms with E-state index in [0.717, 1.165) is 0 Å². The summed E-state index contributed by atoms with van der Waals surface area (Å²) in [5.74, 6) is 0.887. The van der Waals surface area contributed by atoms with Gasteiger partial charge in [0.05, 0.1) is 16.7 Å². The van der Waals surface area contributed by atoms with Crippen LogP contribution in [0.15, 0.2) is 64.6 Å². The van der Waals surface area contributed by atoms with E-state index in [9.17, 15) is 10.1 Å². The van der Waals surface area contributed by atoms with Crippen molar-refractivity contribution in [3.8, 4) is 23.1 Å². The lowest BCUT2D eigenvalue weighted by Gasteiger charge is -2.07. The molecule has 0 bridgehead atoms. The van der Waals surface area contributed by atoms with Crippen LogP contribution in [0, 0.1) is 11.3 Å². The molecule has 0 unspecified atom stereocenters. The summed E-state index contributed by atoms with van der Waals surface area (Å²) >= 11 is 12.2. The Kier molecular flexibility index (Phi) is 6.61. The SMILES string of the molecule is CCOc1cccc(NC(=O)C(C#N)=Cc2ccc(-c3cccc(Cl)c3Cl)o2)c1. The summed E-state index contributed by atoms with van der Waals surface area (Å²) in [6.45, 7) is 2.38. The van der Waals surface area contributed by atoms with Gasteiger partial charge in [0.25, 0.3) is 5.91 Å². The number of furan rings is 1. The molecule has 3 rings (SSSR count). The van der Waals surface area contributed by atoms with Gasteiger partial charge in [0.2, 0.25) is 0 Å². The number of nitrogens with zero attached hydrogens (tertiary/aromatic N) is 1. The van der Waals surface area contributed by atoms with Crippen molar-refractivity contribution in [2.45, 2.75) is 6.92 Å². The maximum absolute atomic E-state index is 12.5. The predicted octanol–water partition coefficient (Wildman–Crippen LogP) is 6.20. The molecular formula is C22H16Cl2N2O3. The Labute approximate surface area is 178 Å². The second-order valence-corrected chi connectivity index (χ2v) is 6.67. The molecule has 0 fully saturated rings. The Morgan fingerprint density at radius 3 is 2.76 bits per heavy atom. The molecule has 2 aromatic carbocycles. The third kappa shape index (κ3) is 5.00. The van der Waals surface area contributed by atoms with Crippen LogP contribution in [0.1, 0.15) is 12.7 Å². The van der Waals surface area contributed by atoms with E-state index in [1.54, 1.807) is 54.6 Å². The number of carbonyl (C=O) groups is 1. The van der Waals surface area contributed by atoms with E-state index in [-0.39, 0.29) is 5.57 Å². The van der Waals surface area contributed by atoms with E-state index in [2.05, 4.69) is 5.32 Å². The molecule has 7 heteroatoms. The molecule has 146 valence electrons. The molecule has 0 saturated carbocycles. The van der Waals surface area contributed by atoms with Crippen LogP contribution in [0.2, 0.25) is 10.0 Å². The number of hydrogen-bond acceptors (Lipinski definition) is 4. The van der Waals surface area contributed by atoms with Gasteiger partial charge < -0.3 is 14.5 Å². The fourth-order valence-corrected chi connectivity index (χ4v) is 2.98. The highest BCUT2D eigenvalue weighted by molar-refractivity contribution is 6.43. The van der Waals surface area contributed by atoms with Gasteiger partial charge in [-0.15, -0.1) is 0 Å². The third-order valence-electron chi connectivity index (χ3n) is 3.90. The minimum Gasteiger partial charge on any atom is -0.494 e. The first-order chi connectivity index (χ1) is 14.0. The van der Waals surface area contributed by atoms with Gasteiger partial charge in [-0.05, 0) is 43.3 Å². The molecule has 29 heavy (non-hydrogen) atoms. The van der Waals surface area contributed by atoms with Gasteiger partial charge >= 0.3 is 0 Å². The number of hydrogen-bond donors (Lipinski definition) is 1. The average molecular weight is 427 g/mol. The number of benzene rings is 2. The van der Waals surface area contributed by atoms with Crippen LogP contribution in [0.3, 0.4) is 0 Å². The summed E-state index contributed by atoms with van der Waals surface area (Å²) in [6.07, 6.45) is 1.36. The van der Waals surface area contributed by atoms with Gasteiger partial charge in [-0.25, -0.2) is 0 Å². The van der Waals surface area contributed by atoms with Crippen molar-refractivity contribution in [2.75, 3.05) is 11.9 Å². The molecule has 1 aromatic heterocycles. The molecule has 1 amide bonds. The molecule has 0 spiro atoms. The minimum atomic E-state index is -0.556.